The molecule has 0 spiro atoms. The third-order valence-electron chi connectivity index (χ3n) is 8.58. The summed E-state index contributed by atoms with van der Waals surface area (Å²) in [6, 6.07) is 11.6. The minimum atomic E-state index is -0.230. The molecule has 204 valence electrons. The molecule has 3 fully saturated rings. The highest BCUT2D eigenvalue weighted by Crippen LogP contribution is 2.37. The summed E-state index contributed by atoms with van der Waals surface area (Å²) in [5.74, 6) is 0.0912. The zero-order valence-electron chi connectivity index (χ0n) is 21.9. The van der Waals surface area contributed by atoms with Crippen molar-refractivity contribution in [2.75, 3.05) is 26.7 Å². The number of carbonyl (C=O) groups is 2. The Labute approximate surface area is 234 Å². The van der Waals surface area contributed by atoms with Crippen LogP contribution in [-0.4, -0.2) is 71.7 Å². The lowest BCUT2D eigenvalue weighted by atomic mass is 9.92. The molecular weight excluding hydrogens is 523 g/mol. The summed E-state index contributed by atoms with van der Waals surface area (Å²) in [6.45, 7) is 2.17. The highest BCUT2D eigenvalue weighted by molar-refractivity contribution is 6.36. The van der Waals surface area contributed by atoms with E-state index in [9.17, 15) is 14.7 Å². The van der Waals surface area contributed by atoms with Crippen molar-refractivity contribution in [3.05, 3.63) is 57.6 Å². The highest BCUT2D eigenvalue weighted by Gasteiger charge is 2.37. The summed E-state index contributed by atoms with van der Waals surface area (Å²) in [5.41, 5.74) is 3.28. The molecule has 2 aliphatic heterocycles. The number of hydrogen-bond acceptors (Lipinski definition) is 4. The fraction of sp³-hybridized carbons (Fsp3) is 0.533. The lowest BCUT2D eigenvalue weighted by molar-refractivity contribution is -0.133. The molecule has 2 heterocycles. The van der Waals surface area contributed by atoms with Crippen molar-refractivity contribution in [1.29, 1.82) is 0 Å². The van der Waals surface area contributed by atoms with Gasteiger partial charge < -0.3 is 19.6 Å². The number of piperidine rings is 1. The van der Waals surface area contributed by atoms with Gasteiger partial charge in [-0.3, -0.25) is 9.59 Å². The van der Waals surface area contributed by atoms with E-state index >= 15 is 0 Å². The summed E-state index contributed by atoms with van der Waals surface area (Å²) in [5, 5.41) is 10.9. The minimum absolute atomic E-state index is 0.0391. The van der Waals surface area contributed by atoms with Crippen LogP contribution in [0.1, 0.15) is 60.9 Å². The molecule has 8 heteroatoms. The second-order valence-electron chi connectivity index (χ2n) is 10.9. The Kier molecular flexibility index (Phi) is 8.63. The molecule has 1 atom stereocenters. The van der Waals surface area contributed by atoms with Gasteiger partial charge in [0, 0.05) is 54.3 Å². The molecule has 6 nitrogen and oxygen atoms in total. The molecule has 2 aromatic carbocycles. The Morgan fingerprint density at radius 2 is 1.55 bits per heavy atom. The maximum absolute atomic E-state index is 13.2. The highest BCUT2D eigenvalue weighted by atomic mass is 35.5. The van der Waals surface area contributed by atoms with Crippen LogP contribution in [0.2, 0.25) is 10.0 Å². The average Bonchev–Trinajstić information content (AvgIpc) is 3.30. The normalized spacial score (nSPS) is 24.7. The van der Waals surface area contributed by atoms with E-state index in [4.69, 9.17) is 27.9 Å². The molecule has 38 heavy (non-hydrogen) atoms. The van der Waals surface area contributed by atoms with Gasteiger partial charge in [0.2, 0.25) is 5.91 Å². The van der Waals surface area contributed by atoms with Crippen LogP contribution in [0.25, 0.3) is 11.1 Å². The van der Waals surface area contributed by atoms with Crippen molar-refractivity contribution in [2.45, 2.75) is 69.6 Å². The van der Waals surface area contributed by atoms with Crippen LogP contribution in [0.4, 0.5) is 0 Å². The predicted molar refractivity (Wildman–Crippen MR) is 150 cm³/mol. The quantitative estimate of drug-likeness (QED) is 0.500. The van der Waals surface area contributed by atoms with E-state index < -0.39 is 0 Å². The van der Waals surface area contributed by atoms with Crippen molar-refractivity contribution in [2.24, 2.45) is 5.92 Å². The van der Waals surface area contributed by atoms with Crippen molar-refractivity contribution in [3.8, 4) is 11.1 Å². The van der Waals surface area contributed by atoms with E-state index in [1.54, 1.807) is 7.11 Å². The van der Waals surface area contributed by atoms with Gasteiger partial charge in [-0.05, 0) is 92.3 Å². The van der Waals surface area contributed by atoms with Crippen LogP contribution in [0, 0.1) is 5.92 Å². The summed E-state index contributed by atoms with van der Waals surface area (Å²) in [7, 11) is 1.72. The zero-order chi connectivity index (χ0) is 26.8. The Hall–Kier alpha value is -2.12. The first-order valence-electron chi connectivity index (χ1n) is 13.7. The third kappa shape index (κ3) is 5.89. The summed E-state index contributed by atoms with van der Waals surface area (Å²) >= 11 is 13.4. The van der Waals surface area contributed by atoms with Gasteiger partial charge in [-0.1, -0.05) is 35.3 Å². The van der Waals surface area contributed by atoms with Gasteiger partial charge in [0.25, 0.3) is 5.91 Å². The molecular formula is C30H36Cl2N2O4. The molecule has 0 aromatic heterocycles. The number of likely N-dealkylation sites (tertiary alicyclic amines) is 2. The van der Waals surface area contributed by atoms with Crippen molar-refractivity contribution < 1.29 is 19.4 Å². The molecule has 0 bridgehead atoms. The summed E-state index contributed by atoms with van der Waals surface area (Å²) in [6.07, 6.45) is 6.31. The molecule has 2 aromatic rings. The largest absolute Gasteiger partial charge is 0.393 e. The van der Waals surface area contributed by atoms with Crippen LogP contribution in [0.3, 0.4) is 0 Å². The number of hydrogen-bond donors (Lipinski definition) is 1. The van der Waals surface area contributed by atoms with E-state index in [1.165, 1.54) is 0 Å². The first kappa shape index (κ1) is 27.4. The van der Waals surface area contributed by atoms with Gasteiger partial charge in [-0.25, -0.2) is 0 Å². The van der Waals surface area contributed by atoms with Crippen molar-refractivity contribution >= 4 is 35.0 Å². The fourth-order valence-corrected chi connectivity index (χ4v) is 6.82. The summed E-state index contributed by atoms with van der Waals surface area (Å²) in [4.78, 5) is 30.0. The van der Waals surface area contributed by atoms with Crippen LogP contribution in [0.5, 0.6) is 0 Å². The van der Waals surface area contributed by atoms with Gasteiger partial charge >= 0.3 is 0 Å². The van der Waals surface area contributed by atoms with E-state index in [2.05, 4.69) is 0 Å². The first-order valence-corrected chi connectivity index (χ1v) is 14.5. The smallest absolute Gasteiger partial charge is 0.253 e. The molecule has 3 aliphatic rings. The summed E-state index contributed by atoms with van der Waals surface area (Å²) < 4.78 is 5.41. The van der Waals surface area contributed by atoms with Gasteiger partial charge in [-0.2, -0.15) is 0 Å². The van der Waals surface area contributed by atoms with Crippen LogP contribution < -0.4 is 0 Å². The number of amides is 2. The predicted octanol–water partition coefficient (Wildman–Crippen LogP) is 5.61. The van der Waals surface area contributed by atoms with Crippen LogP contribution >= 0.6 is 23.2 Å². The van der Waals surface area contributed by atoms with Gasteiger partial charge in [0.15, 0.2) is 0 Å². The Bertz CT molecular complexity index is 1130. The number of methoxy groups -OCH3 is 1. The second kappa shape index (κ2) is 12.0. The Balaban J connectivity index is 1.23. The van der Waals surface area contributed by atoms with Gasteiger partial charge in [-0.15, -0.1) is 0 Å². The van der Waals surface area contributed by atoms with Crippen molar-refractivity contribution in [3.63, 3.8) is 0 Å². The minimum Gasteiger partial charge on any atom is -0.393 e. The van der Waals surface area contributed by atoms with Gasteiger partial charge in [0.05, 0.1) is 12.2 Å². The van der Waals surface area contributed by atoms with E-state index in [-0.39, 0.29) is 36.0 Å². The van der Waals surface area contributed by atoms with Crippen LogP contribution in [0.15, 0.2) is 36.4 Å². The lowest BCUT2D eigenvalue weighted by Gasteiger charge is -2.33. The van der Waals surface area contributed by atoms with Crippen molar-refractivity contribution in [1.82, 2.24) is 9.80 Å². The maximum atomic E-state index is 13.2. The van der Waals surface area contributed by atoms with Crippen LogP contribution in [-0.2, 0) is 16.0 Å². The number of aliphatic hydroxyl groups is 1. The van der Waals surface area contributed by atoms with Gasteiger partial charge in [0.1, 0.15) is 0 Å². The Morgan fingerprint density at radius 3 is 2.16 bits per heavy atom. The Morgan fingerprint density at radius 1 is 0.921 bits per heavy atom. The number of nitrogens with zero attached hydrogens (tertiary/aromatic N) is 2. The molecule has 1 aliphatic carbocycles. The number of benzene rings is 2. The number of aliphatic hydroxyl groups excluding tert-OH is 1. The average molecular weight is 560 g/mol. The number of ether oxygens (including phenoxy) is 1. The molecule has 1 N–H and O–H groups in total. The molecule has 2 amide bonds. The third-order valence-corrected chi connectivity index (χ3v) is 9.25. The van der Waals surface area contributed by atoms with E-state index in [0.717, 1.165) is 68.2 Å². The molecule has 1 saturated carbocycles. The maximum Gasteiger partial charge on any atom is 0.253 e. The zero-order valence-corrected chi connectivity index (χ0v) is 23.4. The number of halogens is 2. The SMILES string of the molecule is COC1CCN(C(=O)c2ccc(-c3cc(Cl)c(C[C@@H]4CCN([C@H]5CC[C@@H](O)CC5)C4=O)c(Cl)c3)cc2)CC1. The number of rotatable bonds is 6. The first-order chi connectivity index (χ1) is 18.3. The molecule has 2 saturated heterocycles. The topological polar surface area (TPSA) is 70.1 Å². The molecule has 0 unspecified atom stereocenters. The lowest BCUT2D eigenvalue weighted by Crippen LogP contribution is -2.41. The second-order valence-corrected chi connectivity index (χ2v) is 11.7. The standard InChI is InChI=1S/C30H36Cl2N2O4/c1-38-25-11-13-33(14-12-25)29(36)20-4-2-19(3-5-20)22-17-27(31)26(28(32)18-22)16-21-10-15-34(30(21)37)23-6-8-24(35)9-7-23/h2-5,17-18,21,23-25,35H,6-16H2,1H3/t21-,23-,24+/m0/s1. The molecule has 0 radical (unpaired) electrons. The fourth-order valence-electron chi connectivity index (χ4n) is 6.18. The molecule has 5 rings (SSSR count). The van der Waals surface area contributed by atoms with E-state index in [0.29, 0.717) is 35.1 Å². The monoisotopic (exact) mass is 558 g/mol. The number of carbonyl (C=O) groups excluding carboxylic acids is 2. The van der Waals surface area contributed by atoms with E-state index in [1.807, 2.05) is 46.2 Å².